The molecular formula is C25H27N3O4. The summed E-state index contributed by atoms with van der Waals surface area (Å²) in [5.41, 5.74) is 4.60. The zero-order valence-corrected chi connectivity index (χ0v) is 18.4. The zero-order chi connectivity index (χ0) is 23.3. The van der Waals surface area contributed by atoms with E-state index in [1.54, 1.807) is 24.3 Å². The molecule has 0 saturated carbocycles. The first kappa shape index (κ1) is 22.8. The molecule has 3 aromatic rings. The summed E-state index contributed by atoms with van der Waals surface area (Å²) in [4.78, 5) is 35.5. The van der Waals surface area contributed by atoms with Gasteiger partial charge in [-0.2, -0.15) is 0 Å². The van der Waals surface area contributed by atoms with Crippen molar-refractivity contribution in [3.05, 3.63) is 88.7 Å². The van der Waals surface area contributed by atoms with E-state index in [1.807, 2.05) is 38.1 Å². The third-order valence-corrected chi connectivity index (χ3v) is 5.43. The minimum Gasteiger partial charge on any atom is -0.481 e. The molecule has 2 amide bonds. The van der Waals surface area contributed by atoms with Crippen LogP contribution < -0.4 is 10.6 Å². The lowest BCUT2D eigenvalue weighted by Crippen LogP contribution is -2.25. The summed E-state index contributed by atoms with van der Waals surface area (Å²) in [7, 11) is 0. The fourth-order valence-corrected chi connectivity index (χ4v) is 3.77. The number of aliphatic carboxylic acids is 1. The van der Waals surface area contributed by atoms with Crippen LogP contribution in [0.25, 0.3) is 0 Å². The van der Waals surface area contributed by atoms with E-state index in [0.29, 0.717) is 16.8 Å². The molecule has 166 valence electrons. The molecule has 3 rings (SSSR count). The summed E-state index contributed by atoms with van der Waals surface area (Å²) in [6, 6.07) is 18.6. The van der Waals surface area contributed by atoms with Crippen molar-refractivity contribution in [1.82, 2.24) is 9.88 Å². The smallest absolute Gasteiger partial charge is 0.305 e. The molecule has 3 N–H and O–H groups in total. The lowest BCUT2D eigenvalue weighted by molar-refractivity contribution is -0.136. The number of aromatic nitrogens is 1. The van der Waals surface area contributed by atoms with Crippen LogP contribution in [0.15, 0.2) is 60.7 Å². The first-order chi connectivity index (χ1) is 15.3. The Morgan fingerprint density at radius 3 is 2.25 bits per heavy atom. The van der Waals surface area contributed by atoms with Crippen molar-refractivity contribution in [3.63, 3.8) is 0 Å². The van der Waals surface area contributed by atoms with Crippen LogP contribution in [0, 0.1) is 13.8 Å². The van der Waals surface area contributed by atoms with Crippen LogP contribution in [-0.4, -0.2) is 34.0 Å². The van der Waals surface area contributed by atoms with Crippen LogP contribution in [0.1, 0.15) is 57.1 Å². The number of benzene rings is 2. The summed E-state index contributed by atoms with van der Waals surface area (Å²) in [5.74, 6) is -1.55. The highest BCUT2D eigenvalue weighted by Crippen LogP contribution is 2.26. The molecule has 2 aromatic carbocycles. The predicted molar refractivity (Wildman–Crippen MR) is 123 cm³/mol. The van der Waals surface area contributed by atoms with Gasteiger partial charge in [0.05, 0.1) is 18.0 Å². The Hall–Kier alpha value is -3.87. The molecule has 0 aliphatic carbocycles. The molecule has 7 heteroatoms. The van der Waals surface area contributed by atoms with Crippen LogP contribution >= 0.6 is 0 Å². The largest absolute Gasteiger partial charge is 0.481 e. The topological polar surface area (TPSA) is 100 Å². The van der Waals surface area contributed by atoms with E-state index in [1.165, 1.54) is 5.56 Å². The third-order valence-electron chi connectivity index (χ3n) is 5.43. The Morgan fingerprint density at radius 1 is 0.969 bits per heavy atom. The van der Waals surface area contributed by atoms with E-state index in [-0.39, 0.29) is 30.8 Å². The number of aryl methyl sites for hydroxylation is 1. The van der Waals surface area contributed by atoms with Crippen molar-refractivity contribution in [2.24, 2.45) is 0 Å². The lowest BCUT2D eigenvalue weighted by Gasteiger charge is -2.19. The molecule has 1 atom stereocenters. The Bertz CT molecular complexity index is 1120. The van der Waals surface area contributed by atoms with Crippen LogP contribution in [0.4, 0.5) is 5.69 Å². The summed E-state index contributed by atoms with van der Waals surface area (Å²) in [6.07, 6.45) is -0.138. The first-order valence-electron chi connectivity index (χ1n) is 10.4. The molecule has 0 bridgehead atoms. The van der Waals surface area contributed by atoms with Gasteiger partial charge < -0.3 is 20.3 Å². The molecular weight excluding hydrogens is 406 g/mol. The maximum absolute atomic E-state index is 12.9. The van der Waals surface area contributed by atoms with Gasteiger partial charge in [-0.05, 0) is 56.7 Å². The Labute approximate surface area is 187 Å². The highest BCUT2D eigenvalue weighted by molar-refractivity contribution is 6.05. The number of carboxylic acid groups (broad SMARTS) is 1. The van der Waals surface area contributed by atoms with Crippen molar-refractivity contribution in [1.29, 1.82) is 0 Å². The van der Waals surface area contributed by atoms with Crippen molar-refractivity contribution in [3.8, 4) is 0 Å². The molecule has 0 fully saturated rings. The van der Waals surface area contributed by atoms with Gasteiger partial charge in [-0.15, -0.1) is 0 Å². The molecule has 0 spiro atoms. The van der Waals surface area contributed by atoms with E-state index < -0.39 is 5.97 Å². The van der Waals surface area contributed by atoms with E-state index in [9.17, 15) is 14.4 Å². The van der Waals surface area contributed by atoms with E-state index in [0.717, 1.165) is 11.4 Å². The number of amides is 2. The monoisotopic (exact) mass is 433 g/mol. The van der Waals surface area contributed by atoms with Gasteiger partial charge in [0.1, 0.15) is 0 Å². The second kappa shape index (κ2) is 9.96. The van der Waals surface area contributed by atoms with Gasteiger partial charge in [-0.3, -0.25) is 14.4 Å². The van der Waals surface area contributed by atoms with Gasteiger partial charge in [-0.1, -0.05) is 30.3 Å². The zero-order valence-electron chi connectivity index (χ0n) is 18.4. The number of carbonyl (C=O) groups is 3. The minimum atomic E-state index is -0.971. The molecule has 0 aliphatic rings. The molecule has 0 radical (unpaired) electrons. The van der Waals surface area contributed by atoms with Gasteiger partial charge in [0.25, 0.3) is 11.8 Å². The minimum absolute atomic E-state index is 0.0592. The Balaban J connectivity index is 1.70. The summed E-state index contributed by atoms with van der Waals surface area (Å²) in [6.45, 7) is 6.09. The van der Waals surface area contributed by atoms with Crippen molar-refractivity contribution < 1.29 is 19.5 Å². The van der Waals surface area contributed by atoms with Gasteiger partial charge in [0.2, 0.25) is 0 Å². The summed E-state index contributed by atoms with van der Waals surface area (Å²) < 4.78 is 2.15. The number of hydrogen-bond donors (Lipinski definition) is 3. The standard InChI is InChI=1S/C25H27N3O4/c1-16-15-22(18(3)28(16)17(2)19-7-5-4-6-8-19)25(32)27-21-11-9-20(10-12-21)24(31)26-14-13-23(29)30/h4-12,15,17H,13-14H2,1-3H3,(H,26,31)(H,27,32)(H,29,30). The second-order valence-corrected chi connectivity index (χ2v) is 7.67. The number of carboxylic acids is 1. The SMILES string of the molecule is Cc1cc(C(=O)Nc2ccc(C(=O)NCCC(=O)O)cc2)c(C)n1C(C)c1ccccc1. The quantitative estimate of drug-likeness (QED) is 0.496. The summed E-state index contributed by atoms with van der Waals surface area (Å²) >= 11 is 0. The van der Waals surface area contributed by atoms with Crippen molar-refractivity contribution in [2.75, 3.05) is 11.9 Å². The number of carbonyl (C=O) groups excluding carboxylic acids is 2. The maximum atomic E-state index is 12.9. The fourth-order valence-electron chi connectivity index (χ4n) is 3.77. The number of nitrogens with zero attached hydrogens (tertiary/aromatic N) is 1. The fraction of sp³-hybridized carbons (Fsp3) is 0.240. The molecule has 1 unspecified atom stereocenters. The molecule has 7 nitrogen and oxygen atoms in total. The third kappa shape index (κ3) is 5.24. The number of hydrogen-bond acceptors (Lipinski definition) is 3. The van der Waals surface area contributed by atoms with Crippen molar-refractivity contribution in [2.45, 2.75) is 33.2 Å². The maximum Gasteiger partial charge on any atom is 0.305 e. The average molecular weight is 434 g/mol. The highest BCUT2D eigenvalue weighted by Gasteiger charge is 2.20. The lowest BCUT2D eigenvalue weighted by atomic mass is 10.1. The van der Waals surface area contributed by atoms with Crippen LogP contribution in [-0.2, 0) is 4.79 Å². The number of nitrogens with one attached hydrogen (secondary N) is 2. The van der Waals surface area contributed by atoms with E-state index >= 15 is 0 Å². The van der Waals surface area contributed by atoms with E-state index in [2.05, 4.69) is 34.3 Å². The normalized spacial score (nSPS) is 11.6. The molecule has 32 heavy (non-hydrogen) atoms. The van der Waals surface area contributed by atoms with Gasteiger partial charge in [0.15, 0.2) is 0 Å². The highest BCUT2D eigenvalue weighted by atomic mass is 16.4. The van der Waals surface area contributed by atoms with Crippen LogP contribution in [0.5, 0.6) is 0 Å². The van der Waals surface area contributed by atoms with Gasteiger partial charge in [-0.25, -0.2) is 0 Å². The van der Waals surface area contributed by atoms with Crippen LogP contribution in [0.2, 0.25) is 0 Å². The van der Waals surface area contributed by atoms with E-state index in [4.69, 9.17) is 5.11 Å². The second-order valence-electron chi connectivity index (χ2n) is 7.67. The Kier molecular flexibility index (Phi) is 7.10. The number of anilines is 1. The van der Waals surface area contributed by atoms with Crippen LogP contribution in [0.3, 0.4) is 0 Å². The number of rotatable bonds is 8. The van der Waals surface area contributed by atoms with Gasteiger partial charge in [0, 0.05) is 29.2 Å². The molecule has 0 saturated heterocycles. The van der Waals surface area contributed by atoms with Gasteiger partial charge >= 0.3 is 5.97 Å². The summed E-state index contributed by atoms with van der Waals surface area (Å²) in [5, 5.41) is 14.1. The Morgan fingerprint density at radius 2 is 1.62 bits per heavy atom. The first-order valence-corrected chi connectivity index (χ1v) is 10.4. The van der Waals surface area contributed by atoms with Crippen molar-refractivity contribution >= 4 is 23.5 Å². The predicted octanol–water partition coefficient (Wildman–Crippen LogP) is 4.17. The molecule has 0 aliphatic heterocycles. The average Bonchev–Trinajstić information content (AvgIpc) is 3.08. The molecule has 1 heterocycles. The molecule has 1 aromatic heterocycles.